The lowest BCUT2D eigenvalue weighted by atomic mass is 9.90. The summed E-state index contributed by atoms with van der Waals surface area (Å²) in [5, 5.41) is 11.2. The van der Waals surface area contributed by atoms with Gasteiger partial charge in [0.2, 0.25) is 0 Å². The summed E-state index contributed by atoms with van der Waals surface area (Å²) in [7, 11) is 0. The Morgan fingerprint density at radius 1 is 1.50 bits per heavy atom. The van der Waals surface area contributed by atoms with E-state index in [2.05, 4.69) is 4.98 Å². The van der Waals surface area contributed by atoms with Crippen LogP contribution in [0.3, 0.4) is 0 Å². The Kier molecular flexibility index (Phi) is 2.31. The molecule has 4 nitrogen and oxygen atoms in total. The smallest absolute Gasteiger partial charge is 0.354 e. The van der Waals surface area contributed by atoms with Crippen LogP contribution in [0.25, 0.3) is 4.96 Å². The van der Waals surface area contributed by atoms with Crippen LogP contribution in [0.2, 0.25) is 0 Å². The third kappa shape index (κ3) is 1.51. The van der Waals surface area contributed by atoms with E-state index in [-0.39, 0.29) is 5.41 Å². The minimum Gasteiger partial charge on any atom is -0.477 e. The minimum absolute atomic E-state index is 0.258. The lowest BCUT2D eigenvalue weighted by molar-refractivity contribution is 0.0686. The Hall–Kier alpha value is -1.36. The highest BCUT2D eigenvalue weighted by molar-refractivity contribution is 7.15. The first kappa shape index (κ1) is 11.1. The third-order valence-electron chi connectivity index (χ3n) is 2.45. The molecule has 5 heteroatoms. The molecule has 0 spiro atoms. The molecule has 2 rings (SSSR count). The molecule has 0 radical (unpaired) electrons. The first-order valence-corrected chi connectivity index (χ1v) is 5.90. The van der Waals surface area contributed by atoms with Crippen LogP contribution in [0.15, 0.2) is 5.38 Å². The van der Waals surface area contributed by atoms with Crippen molar-refractivity contribution in [2.24, 2.45) is 0 Å². The molecule has 2 heterocycles. The quantitative estimate of drug-likeness (QED) is 0.831. The molecule has 0 saturated carbocycles. The fourth-order valence-corrected chi connectivity index (χ4v) is 2.58. The maximum absolute atomic E-state index is 11.3. The van der Waals surface area contributed by atoms with E-state index in [4.69, 9.17) is 0 Å². The number of fused-ring (bicyclic) bond motifs is 1. The first-order valence-electron chi connectivity index (χ1n) is 5.02. The first-order chi connectivity index (χ1) is 7.32. The topological polar surface area (TPSA) is 54.6 Å². The molecule has 0 aliphatic heterocycles. The van der Waals surface area contributed by atoms with E-state index in [0.717, 1.165) is 10.7 Å². The van der Waals surface area contributed by atoms with Gasteiger partial charge in [-0.2, -0.15) is 0 Å². The zero-order valence-electron chi connectivity index (χ0n) is 9.74. The van der Waals surface area contributed by atoms with Gasteiger partial charge in [-0.3, -0.25) is 4.40 Å². The zero-order valence-corrected chi connectivity index (χ0v) is 10.6. The van der Waals surface area contributed by atoms with Crippen LogP contribution in [0.1, 0.15) is 42.6 Å². The average molecular weight is 238 g/mol. The highest BCUT2D eigenvalue weighted by Crippen LogP contribution is 2.29. The maximum atomic E-state index is 11.3. The molecule has 2 aromatic heterocycles. The molecule has 2 aromatic rings. The van der Waals surface area contributed by atoms with Crippen LogP contribution < -0.4 is 0 Å². The molecule has 0 aliphatic carbocycles. The van der Waals surface area contributed by atoms with Gasteiger partial charge in [-0.25, -0.2) is 9.78 Å². The van der Waals surface area contributed by atoms with Crippen molar-refractivity contribution in [3.8, 4) is 0 Å². The largest absolute Gasteiger partial charge is 0.477 e. The van der Waals surface area contributed by atoms with E-state index in [0.29, 0.717) is 11.4 Å². The Balaban J connectivity index is 2.85. The maximum Gasteiger partial charge on any atom is 0.354 e. The molecule has 0 atom stereocenters. The Morgan fingerprint density at radius 2 is 2.12 bits per heavy atom. The zero-order chi connectivity index (χ0) is 12.1. The molecule has 0 saturated heterocycles. The summed E-state index contributed by atoms with van der Waals surface area (Å²) in [5.74, 6) is -0.918. The van der Waals surface area contributed by atoms with E-state index in [1.165, 1.54) is 11.3 Å². The van der Waals surface area contributed by atoms with Gasteiger partial charge < -0.3 is 5.11 Å². The van der Waals surface area contributed by atoms with Crippen molar-refractivity contribution in [2.45, 2.75) is 33.1 Å². The summed E-state index contributed by atoms with van der Waals surface area (Å²) >= 11 is 1.47. The van der Waals surface area contributed by atoms with E-state index >= 15 is 0 Å². The molecular formula is C11H14N2O2S. The molecule has 0 fully saturated rings. The molecule has 0 unspecified atom stereocenters. The number of imidazole rings is 1. The summed E-state index contributed by atoms with van der Waals surface area (Å²) in [5.41, 5.74) is 1.60. The lowest BCUT2D eigenvalue weighted by Gasteiger charge is -2.16. The van der Waals surface area contributed by atoms with E-state index in [1.54, 1.807) is 4.40 Å². The van der Waals surface area contributed by atoms with Crippen molar-refractivity contribution in [1.82, 2.24) is 9.38 Å². The summed E-state index contributed by atoms with van der Waals surface area (Å²) in [6, 6.07) is 0. The Bertz CT molecular complexity index is 560. The van der Waals surface area contributed by atoms with Crippen molar-refractivity contribution in [3.05, 3.63) is 22.5 Å². The van der Waals surface area contributed by atoms with Gasteiger partial charge in [-0.15, -0.1) is 11.3 Å². The number of aromatic nitrogens is 2. The van der Waals surface area contributed by atoms with Gasteiger partial charge in [0.25, 0.3) is 0 Å². The molecular weight excluding hydrogens is 224 g/mol. The Morgan fingerprint density at radius 3 is 2.62 bits per heavy atom. The monoisotopic (exact) mass is 238 g/mol. The number of thiazole rings is 1. The molecule has 0 aromatic carbocycles. The van der Waals surface area contributed by atoms with Crippen molar-refractivity contribution in [2.75, 3.05) is 0 Å². The van der Waals surface area contributed by atoms with Crippen molar-refractivity contribution < 1.29 is 9.90 Å². The predicted octanol–water partition coefficient (Wildman–Crippen LogP) is 2.70. The SMILES string of the molecule is Cc1csc2nc(C(C)(C)C)c(C(=O)O)n12. The summed E-state index contributed by atoms with van der Waals surface area (Å²) in [6.07, 6.45) is 0. The van der Waals surface area contributed by atoms with Gasteiger partial charge in [0.05, 0.1) is 5.69 Å². The van der Waals surface area contributed by atoms with Gasteiger partial charge >= 0.3 is 5.97 Å². The van der Waals surface area contributed by atoms with Crippen molar-refractivity contribution in [1.29, 1.82) is 0 Å². The molecule has 1 N–H and O–H groups in total. The fraction of sp³-hybridized carbons (Fsp3) is 0.455. The number of aromatic carboxylic acids is 1. The van der Waals surface area contributed by atoms with Gasteiger partial charge in [0, 0.05) is 16.5 Å². The second kappa shape index (κ2) is 3.31. The second-order valence-corrected chi connectivity index (χ2v) is 5.70. The Labute approximate surface area is 97.6 Å². The average Bonchev–Trinajstić information content (AvgIpc) is 2.64. The van der Waals surface area contributed by atoms with Gasteiger partial charge in [-0.1, -0.05) is 20.8 Å². The standard InChI is InChI=1S/C11H14N2O2S/c1-6-5-16-10-12-8(11(2,3)4)7(9(14)15)13(6)10/h5H,1-4H3,(H,14,15). The molecule has 0 amide bonds. The van der Waals surface area contributed by atoms with E-state index < -0.39 is 5.97 Å². The number of carboxylic acids is 1. The van der Waals surface area contributed by atoms with Crippen molar-refractivity contribution >= 4 is 22.3 Å². The molecule has 16 heavy (non-hydrogen) atoms. The predicted molar refractivity (Wildman–Crippen MR) is 63.5 cm³/mol. The number of carboxylic acid groups (broad SMARTS) is 1. The van der Waals surface area contributed by atoms with Crippen molar-refractivity contribution in [3.63, 3.8) is 0 Å². The number of nitrogens with zero attached hydrogens (tertiary/aromatic N) is 2. The van der Waals surface area contributed by atoms with Crippen LogP contribution in [-0.2, 0) is 5.41 Å². The normalized spacial score (nSPS) is 12.2. The van der Waals surface area contributed by atoms with Crippen LogP contribution in [0.5, 0.6) is 0 Å². The van der Waals surface area contributed by atoms with Gasteiger partial charge in [0.15, 0.2) is 10.7 Å². The van der Waals surface area contributed by atoms with Crippen LogP contribution in [0.4, 0.5) is 0 Å². The number of rotatable bonds is 1. The van der Waals surface area contributed by atoms with Crippen LogP contribution in [0, 0.1) is 6.92 Å². The minimum atomic E-state index is -0.918. The van der Waals surface area contributed by atoms with E-state index in [9.17, 15) is 9.90 Å². The molecule has 0 bridgehead atoms. The lowest BCUT2D eigenvalue weighted by Crippen LogP contribution is -2.18. The third-order valence-corrected chi connectivity index (χ3v) is 3.39. The molecule has 86 valence electrons. The second-order valence-electron chi connectivity index (χ2n) is 4.86. The number of hydrogen-bond donors (Lipinski definition) is 1. The number of hydrogen-bond acceptors (Lipinski definition) is 3. The van der Waals surface area contributed by atoms with Crippen LogP contribution in [-0.4, -0.2) is 20.5 Å². The number of carbonyl (C=O) groups is 1. The number of aryl methyl sites for hydroxylation is 1. The highest BCUT2D eigenvalue weighted by atomic mass is 32.1. The molecule has 0 aliphatic rings. The fourth-order valence-electron chi connectivity index (χ4n) is 1.72. The highest BCUT2D eigenvalue weighted by Gasteiger charge is 2.28. The van der Waals surface area contributed by atoms with Gasteiger partial charge in [0.1, 0.15) is 0 Å². The summed E-state index contributed by atoms with van der Waals surface area (Å²) < 4.78 is 1.72. The van der Waals surface area contributed by atoms with Gasteiger partial charge in [-0.05, 0) is 6.92 Å². The van der Waals surface area contributed by atoms with E-state index in [1.807, 2.05) is 33.1 Å². The summed E-state index contributed by atoms with van der Waals surface area (Å²) in [6.45, 7) is 7.81. The summed E-state index contributed by atoms with van der Waals surface area (Å²) in [4.78, 5) is 16.5. The van der Waals surface area contributed by atoms with Crippen LogP contribution >= 0.6 is 11.3 Å².